The first-order valence-corrected chi connectivity index (χ1v) is 5.49. The number of benzene rings is 1. The summed E-state index contributed by atoms with van der Waals surface area (Å²) in [4.78, 5) is 13.8. The van der Waals surface area contributed by atoms with Crippen molar-refractivity contribution in [2.24, 2.45) is 0 Å². The van der Waals surface area contributed by atoms with Crippen LogP contribution >= 0.6 is 0 Å². The van der Waals surface area contributed by atoms with E-state index in [1.165, 1.54) is 0 Å². The molecule has 79 valence electrons. The van der Waals surface area contributed by atoms with Gasteiger partial charge in [0, 0.05) is 18.7 Å². The summed E-state index contributed by atoms with van der Waals surface area (Å²) >= 11 is 0. The van der Waals surface area contributed by atoms with Crippen LogP contribution in [0.5, 0.6) is 0 Å². The van der Waals surface area contributed by atoms with E-state index in [1.54, 1.807) is 0 Å². The summed E-state index contributed by atoms with van der Waals surface area (Å²) in [6.07, 6.45) is 3.11. The summed E-state index contributed by atoms with van der Waals surface area (Å²) in [5, 5.41) is 0. The molecule has 1 heterocycles. The third-order valence-corrected chi connectivity index (χ3v) is 2.82. The summed E-state index contributed by atoms with van der Waals surface area (Å²) in [5.74, 6) is 0.190. The molecule has 0 saturated carbocycles. The maximum absolute atomic E-state index is 11.9. The van der Waals surface area contributed by atoms with Crippen LogP contribution in [0.3, 0.4) is 0 Å². The minimum atomic E-state index is 0.190. The normalized spacial score (nSPS) is 14.5. The zero-order valence-electron chi connectivity index (χ0n) is 8.91. The largest absolute Gasteiger partial charge is 0.334 e. The Kier molecular flexibility index (Phi) is 3.05. The third-order valence-electron chi connectivity index (χ3n) is 2.82. The van der Waals surface area contributed by atoms with Gasteiger partial charge in [0.25, 0.3) is 5.91 Å². The minimum Gasteiger partial charge on any atom is -0.334 e. The van der Waals surface area contributed by atoms with E-state index in [1.807, 2.05) is 29.2 Å². The molecule has 0 spiro atoms. The smallest absolute Gasteiger partial charge is 0.254 e. The van der Waals surface area contributed by atoms with Crippen LogP contribution in [0.15, 0.2) is 24.3 Å². The van der Waals surface area contributed by atoms with E-state index in [0.717, 1.165) is 43.5 Å². The minimum absolute atomic E-state index is 0.190. The fourth-order valence-corrected chi connectivity index (χ4v) is 1.97. The molecule has 1 aliphatic rings. The molecule has 0 N–H and O–H groups in total. The molecule has 0 unspecified atom stereocenters. The highest BCUT2D eigenvalue weighted by atomic mass is 16.2. The number of rotatable bonds is 4. The highest BCUT2D eigenvalue weighted by Crippen LogP contribution is 2.22. The molecule has 0 aromatic heterocycles. The van der Waals surface area contributed by atoms with Crippen molar-refractivity contribution < 1.29 is 4.79 Å². The van der Waals surface area contributed by atoms with Crippen LogP contribution in [-0.2, 0) is 6.54 Å². The van der Waals surface area contributed by atoms with Gasteiger partial charge in [-0.15, -0.1) is 0 Å². The van der Waals surface area contributed by atoms with Crippen LogP contribution in [0.4, 0.5) is 0 Å². The lowest BCUT2D eigenvalue weighted by Gasteiger charge is -2.14. The number of hydrogen-bond donors (Lipinski definition) is 0. The lowest BCUT2D eigenvalue weighted by Crippen LogP contribution is -2.24. The van der Waals surface area contributed by atoms with Gasteiger partial charge in [-0.3, -0.25) is 4.79 Å². The average Bonchev–Trinajstić information content (AvgIpc) is 2.57. The molecule has 0 fully saturated rings. The van der Waals surface area contributed by atoms with E-state index >= 15 is 0 Å². The second-order valence-corrected chi connectivity index (χ2v) is 3.94. The molecule has 1 amide bonds. The SMILES string of the molecule is [CH2]CCCCN1Cc2ccccc2C1=O. The van der Waals surface area contributed by atoms with Crippen molar-refractivity contribution in [3.63, 3.8) is 0 Å². The standard InChI is InChI=1S/C13H16NO/c1-2-3-6-9-14-10-11-7-4-5-8-12(11)13(14)15/h4-5,7-8H,1-3,6,9-10H2. The quantitative estimate of drug-likeness (QED) is 0.687. The molecule has 0 aliphatic carbocycles. The molecule has 2 rings (SSSR count). The van der Waals surface area contributed by atoms with E-state index in [4.69, 9.17) is 0 Å². The molecule has 1 radical (unpaired) electrons. The molecule has 0 bridgehead atoms. The monoisotopic (exact) mass is 202 g/mol. The Morgan fingerprint density at radius 3 is 2.80 bits per heavy atom. The Bertz CT molecular complexity index is 359. The van der Waals surface area contributed by atoms with Crippen LogP contribution < -0.4 is 0 Å². The maximum atomic E-state index is 11.9. The van der Waals surface area contributed by atoms with E-state index in [0.29, 0.717) is 0 Å². The van der Waals surface area contributed by atoms with Gasteiger partial charge in [0.05, 0.1) is 0 Å². The highest BCUT2D eigenvalue weighted by Gasteiger charge is 2.25. The summed E-state index contributed by atoms with van der Waals surface area (Å²) in [7, 11) is 0. The first kappa shape index (κ1) is 10.2. The second-order valence-electron chi connectivity index (χ2n) is 3.94. The predicted octanol–water partition coefficient (Wildman–Crippen LogP) is 2.65. The number of carbonyl (C=O) groups excluding carboxylic acids is 1. The molecule has 0 saturated heterocycles. The molecular formula is C13H16NO. The number of nitrogens with zero attached hydrogens (tertiary/aromatic N) is 1. The lowest BCUT2D eigenvalue weighted by molar-refractivity contribution is 0.0776. The number of unbranched alkanes of at least 4 members (excludes halogenated alkanes) is 2. The predicted molar refractivity (Wildman–Crippen MR) is 60.4 cm³/mol. The number of carbonyl (C=O) groups is 1. The van der Waals surface area contributed by atoms with Gasteiger partial charge in [0.1, 0.15) is 0 Å². The van der Waals surface area contributed by atoms with Crippen LogP contribution in [0.25, 0.3) is 0 Å². The van der Waals surface area contributed by atoms with E-state index in [-0.39, 0.29) is 5.91 Å². The lowest BCUT2D eigenvalue weighted by atomic mass is 10.1. The second kappa shape index (κ2) is 4.47. The van der Waals surface area contributed by atoms with Gasteiger partial charge in [0.2, 0.25) is 0 Å². The van der Waals surface area contributed by atoms with Gasteiger partial charge in [-0.2, -0.15) is 0 Å². The Balaban J connectivity index is 2.01. The van der Waals surface area contributed by atoms with Gasteiger partial charge in [-0.1, -0.05) is 38.0 Å². The van der Waals surface area contributed by atoms with Gasteiger partial charge in [-0.05, 0) is 18.1 Å². The Morgan fingerprint density at radius 2 is 2.07 bits per heavy atom. The third kappa shape index (κ3) is 2.04. The van der Waals surface area contributed by atoms with Gasteiger partial charge < -0.3 is 4.90 Å². The van der Waals surface area contributed by atoms with Crippen LogP contribution in [-0.4, -0.2) is 17.4 Å². The van der Waals surface area contributed by atoms with Crippen LogP contribution in [0, 0.1) is 6.92 Å². The van der Waals surface area contributed by atoms with Crippen LogP contribution in [0.2, 0.25) is 0 Å². The van der Waals surface area contributed by atoms with Crippen molar-refractivity contribution in [1.82, 2.24) is 4.90 Å². The molecule has 1 aliphatic heterocycles. The first-order chi connectivity index (χ1) is 7.33. The van der Waals surface area contributed by atoms with Crippen molar-refractivity contribution >= 4 is 5.91 Å². The zero-order valence-corrected chi connectivity index (χ0v) is 8.91. The Morgan fingerprint density at radius 1 is 1.27 bits per heavy atom. The number of hydrogen-bond acceptors (Lipinski definition) is 1. The van der Waals surface area contributed by atoms with Crippen molar-refractivity contribution in [1.29, 1.82) is 0 Å². The van der Waals surface area contributed by atoms with E-state index in [2.05, 4.69) is 6.92 Å². The zero-order chi connectivity index (χ0) is 10.7. The van der Waals surface area contributed by atoms with Crippen molar-refractivity contribution in [2.75, 3.05) is 6.54 Å². The Labute approximate surface area is 90.9 Å². The van der Waals surface area contributed by atoms with Crippen molar-refractivity contribution in [3.05, 3.63) is 42.3 Å². The first-order valence-electron chi connectivity index (χ1n) is 5.49. The molecule has 1 aromatic rings. The average molecular weight is 202 g/mol. The fraction of sp³-hybridized carbons (Fsp3) is 0.385. The molecule has 2 heteroatoms. The van der Waals surface area contributed by atoms with E-state index in [9.17, 15) is 4.79 Å². The molecule has 2 nitrogen and oxygen atoms in total. The number of fused-ring (bicyclic) bond motifs is 1. The summed E-state index contributed by atoms with van der Waals surface area (Å²) in [6, 6.07) is 7.87. The van der Waals surface area contributed by atoms with Crippen molar-refractivity contribution in [3.8, 4) is 0 Å². The topological polar surface area (TPSA) is 20.3 Å². The molecule has 1 aromatic carbocycles. The molecule has 15 heavy (non-hydrogen) atoms. The van der Waals surface area contributed by atoms with Crippen LogP contribution in [0.1, 0.15) is 35.2 Å². The van der Waals surface area contributed by atoms with Gasteiger partial charge in [-0.25, -0.2) is 0 Å². The van der Waals surface area contributed by atoms with Gasteiger partial charge in [0.15, 0.2) is 0 Å². The van der Waals surface area contributed by atoms with Gasteiger partial charge >= 0.3 is 0 Å². The molecule has 0 atom stereocenters. The summed E-state index contributed by atoms with van der Waals surface area (Å²) < 4.78 is 0. The fourth-order valence-electron chi connectivity index (χ4n) is 1.97. The van der Waals surface area contributed by atoms with Crippen molar-refractivity contribution in [2.45, 2.75) is 25.8 Å². The summed E-state index contributed by atoms with van der Waals surface area (Å²) in [6.45, 7) is 5.45. The highest BCUT2D eigenvalue weighted by molar-refractivity contribution is 5.98. The van der Waals surface area contributed by atoms with E-state index < -0.39 is 0 Å². The Hall–Kier alpha value is -1.31. The molecular weight excluding hydrogens is 186 g/mol. The summed E-state index contributed by atoms with van der Waals surface area (Å²) in [5.41, 5.74) is 2.05. The maximum Gasteiger partial charge on any atom is 0.254 e. The number of amides is 1.